The molecule has 1 N–H and O–H groups in total. The molecule has 0 spiro atoms. The number of aromatic nitrogens is 1. The summed E-state index contributed by atoms with van der Waals surface area (Å²) in [4.78, 5) is 23.3. The van der Waals surface area contributed by atoms with Crippen LogP contribution >= 0.6 is 0 Å². The minimum absolute atomic E-state index is 0.0992. The molecule has 0 radical (unpaired) electrons. The molecule has 1 aromatic carbocycles. The maximum Gasteiger partial charge on any atom is 0.250 e. The van der Waals surface area contributed by atoms with Gasteiger partial charge in [0.1, 0.15) is 5.75 Å². The standard InChI is InChI=1S/C16H18N2O3/c1-12-10-16(20)18(2)11-14(12)17-15(19)8-9-21-13-6-4-3-5-7-13/h3-7,10-11H,8-9H2,1-2H3,(H,17,19). The number of amides is 1. The first kappa shape index (κ1) is 14.8. The first-order valence-corrected chi connectivity index (χ1v) is 6.71. The van der Waals surface area contributed by atoms with Crippen LogP contribution in [0.2, 0.25) is 0 Å². The summed E-state index contributed by atoms with van der Waals surface area (Å²) in [7, 11) is 1.65. The predicted octanol–water partition coefficient (Wildman–Crippen LogP) is 2.10. The fourth-order valence-corrected chi connectivity index (χ4v) is 1.85. The van der Waals surface area contributed by atoms with E-state index in [1.165, 1.54) is 10.6 Å². The Labute approximate surface area is 123 Å². The second-order valence-corrected chi connectivity index (χ2v) is 4.78. The zero-order valence-corrected chi connectivity index (χ0v) is 12.1. The van der Waals surface area contributed by atoms with Crippen molar-refractivity contribution in [1.29, 1.82) is 0 Å². The van der Waals surface area contributed by atoms with Gasteiger partial charge in [-0.25, -0.2) is 0 Å². The Morgan fingerprint density at radius 2 is 2.00 bits per heavy atom. The molecule has 2 rings (SSSR count). The Balaban J connectivity index is 1.88. The molecule has 0 aliphatic heterocycles. The van der Waals surface area contributed by atoms with Gasteiger partial charge in [0.05, 0.1) is 18.7 Å². The van der Waals surface area contributed by atoms with Crippen LogP contribution in [-0.4, -0.2) is 17.1 Å². The molecule has 0 saturated carbocycles. The number of para-hydroxylation sites is 1. The molecular weight excluding hydrogens is 268 g/mol. The molecule has 0 bridgehead atoms. The monoisotopic (exact) mass is 286 g/mol. The lowest BCUT2D eigenvalue weighted by molar-refractivity contribution is -0.116. The van der Waals surface area contributed by atoms with Gasteiger partial charge < -0.3 is 14.6 Å². The van der Waals surface area contributed by atoms with E-state index in [-0.39, 0.29) is 17.9 Å². The van der Waals surface area contributed by atoms with E-state index in [1.807, 2.05) is 30.3 Å². The van der Waals surface area contributed by atoms with E-state index >= 15 is 0 Å². The largest absolute Gasteiger partial charge is 0.493 e. The van der Waals surface area contributed by atoms with E-state index in [0.29, 0.717) is 12.3 Å². The van der Waals surface area contributed by atoms with Gasteiger partial charge in [0.15, 0.2) is 0 Å². The van der Waals surface area contributed by atoms with E-state index in [4.69, 9.17) is 4.74 Å². The highest BCUT2D eigenvalue weighted by Crippen LogP contribution is 2.12. The van der Waals surface area contributed by atoms with Crippen LogP contribution in [0.1, 0.15) is 12.0 Å². The van der Waals surface area contributed by atoms with Gasteiger partial charge >= 0.3 is 0 Å². The summed E-state index contributed by atoms with van der Waals surface area (Å²) in [6.07, 6.45) is 1.87. The number of aryl methyl sites for hydroxylation is 2. The second-order valence-electron chi connectivity index (χ2n) is 4.78. The number of ether oxygens (including phenoxy) is 1. The molecule has 0 atom stereocenters. The first-order valence-electron chi connectivity index (χ1n) is 6.71. The molecule has 0 saturated heterocycles. The van der Waals surface area contributed by atoms with Crippen LogP contribution in [0.3, 0.4) is 0 Å². The van der Waals surface area contributed by atoms with Crippen molar-refractivity contribution in [2.45, 2.75) is 13.3 Å². The van der Waals surface area contributed by atoms with Crippen LogP contribution < -0.4 is 15.6 Å². The number of carbonyl (C=O) groups is 1. The van der Waals surface area contributed by atoms with Gasteiger partial charge in [0.25, 0.3) is 5.56 Å². The first-order chi connectivity index (χ1) is 10.1. The van der Waals surface area contributed by atoms with Gasteiger partial charge in [-0.1, -0.05) is 18.2 Å². The van der Waals surface area contributed by atoms with Crippen LogP contribution in [0.5, 0.6) is 5.75 Å². The van der Waals surface area contributed by atoms with E-state index < -0.39 is 0 Å². The number of hydrogen-bond donors (Lipinski definition) is 1. The highest BCUT2D eigenvalue weighted by molar-refractivity contribution is 5.91. The van der Waals surface area contributed by atoms with Crippen LogP contribution in [-0.2, 0) is 11.8 Å². The average Bonchev–Trinajstić information content (AvgIpc) is 2.46. The fraction of sp³-hybridized carbons (Fsp3) is 0.250. The second kappa shape index (κ2) is 6.74. The number of nitrogens with one attached hydrogen (secondary N) is 1. The molecule has 2 aromatic rings. The predicted molar refractivity (Wildman–Crippen MR) is 81.6 cm³/mol. The summed E-state index contributed by atoms with van der Waals surface area (Å²) in [6, 6.07) is 10.8. The molecule has 110 valence electrons. The van der Waals surface area contributed by atoms with Crippen LogP contribution in [0.4, 0.5) is 5.69 Å². The van der Waals surface area contributed by atoms with Crippen molar-refractivity contribution >= 4 is 11.6 Å². The van der Waals surface area contributed by atoms with E-state index in [9.17, 15) is 9.59 Å². The number of pyridine rings is 1. The molecule has 5 nitrogen and oxygen atoms in total. The van der Waals surface area contributed by atoms with Crippen molar-refractivity contribution in [3.63, 3.8) is 0 Å². The Morgan fingerprint density at radius 3 is 2.71 bits per heavy atom. The third-order valence-electron chi connectivity index (χ3n) is 3.05. The zero-order chi connectivity index (χ0) is 15.2. The van der Waals surface area contributed by atoms with Gasteiger partial charge in [0.2, 0.25) is 5.91 Å². The molecule has 0 unspecified atom stereocenters. The number of rotatable bonds is 5. The highest BCUT2D eigenvalue weighted by atomic mass is 16.5. The average molecular weight is 286 g/mol. The Morgan fingerprint density at radius 1 is 1.29 bits per heavy atom. The summed E-state index contributed by atoms with van der Waals surface area (Å²) in [5, 5.41) is 2.79. The van der Waals surface area contributed by atoms with Crippen molar-refractivity contribution in [2.24, 2.45) is 7.05 Å². The number of hydrogen-bond acceptors (Lipinski definition) is 3. The molecule has 0 aliphatic rings. The summed E-state index contributed by atoms with van der Waals surface area (Å²) in [5.74, 6) is 0.594. The number of anilines is 1. The van der Waals surface area contributed by atoms with Gasteiger partial charge in [-0.15, -0.1) is 0 Å². The van der Waals surface area contributed by atoms with Crippen molar-refractivity contribution in [3.05, 3.63) is 58.5 Å². The van der Waals surface area contributed by atoms with E-state index in [1.54, 1.807) is 20.2 Å². The van der Waals surface area contributed by atoms with Crippen molar-refractivity contribution < 1.29 is 9.53 Å². The Kier molecular flexibility index (Phi) is 4.77. The number of nitrogens with zero attached hydrogens (tertiary/aromatic N) is 1. The zero-order valence-electron chi connectivity index (χ0n) is 12.1. The van der Waals surface area contributed by atoms with Crippen LogP contribution in [0, 0.1) is 6.92 Å². The molecule has 1 amide bonds. The quantitative estimate of drug-likeness (QED) is 0.915. The third kappa shape index (κ3) is 4.21. The van der Waals surface area contributed by atoms with Crippen LogP contribution in [0.25, 0.3) is 0 Å². The van der Waals surface area contributed by atoms with E-state index in [0.717, 1.165) is 11.3 Å². The highest BCUT2D eigenvalue weighted by Gasteiger charge is 2.07. The van der Waals surface area contributed by atoms with Gasteiger partial charge in [-0.05, 0) is 24.6 Å². The summed E-state index contributed by atoms with van der Waals surface area (Å²) >= 11 is 0. The minimum Gasteiger partial charge on any atom is -0.493 e. The lowest BCUT2D eigenvalue weighted by Crippen LogP contribution is -2.20. The number of carbonyl (C=O) groups excluding carboxylic acids is 1. The topological polar surface area (TPSA) is 60.3 Å². The fourth-order valence-electron chi connectivity index (χ4n) is 1.85. The maximum atomic E-state index is 11.9. The van der Waals surface area contributed by atoms with Crippen molar-refractivity contribution in [3.8, 4) is 5.75 Å². The third-order valence-corrected chi connectivity index (χ3v) is 3.05. The molecule has 21 heavy (non-hydrogen) atoms. The lowest BCUT2D eigenvalue weighted by Gasteiger charge is -2.10. The number of benzene rings is 1. The molecule has 5 heteroatoms. The van der Waals surface area contributed by atoms with Gasteiger partial charge in [-0.2, -0.15) is 0 Å². The smallest absolute Gasteiger partial charge is 0.250 e. The minimum atomic E-state index is -0.146. The van der Waals surface area contributed by atoms with Gasteiger partial charge in [0, 0.05) is 19.3 Å². The molecule has 1 aromatic heterocycles. The Bertz CT molecular complexity index is 678. The van der Waals surface area contributed by atoms with Gasteiger partial charge in [-0.3, -0.25) is 9.59 Å². The summed E-state index contributed by atoms with van der Waals surface area (Å²) < 4.78 is 6.91. The molecular formula is C16H18N2O3. The summed E-state index contributed by atoms with van der Waals surface area (Å²) in [6.45, 7) is 2.10. The SMILES string of the molecule is Cc1cc(=O)n(C)cc1NC(=O)CCOc1ccccc1. The molecule has 0 fully saturated rings. The molecule has 1 heterocycles. The lowest BCUT2D eigenvalue weighted by atomic mass is 10.2. The maximum absolute atomic E-state index is 11.9. The van der Waals surface area contributed by atoms with Crippen molar-refractivity contribution in [2.75, 3.05) is 11.9 Å². The summed E-state index contributed by atoms with van der Waals surface area (Å²) in [5.41, 5.74) is 1.29. The normalized spacial score (nSPS) is 10.2. The van der Waals surface area contributed by atoms with E-state index in [2.05, 4.69) is 5.32 Å². The molecule has 0 aliphatic carbocycles. The van der Waals surface area contributed by atoms with Crippen molar-refractivity contribution in [1.82, 2.24) is 4.57 Å². The Hall–Kier alpha value is -2.56. The van der Waals surface area contributed by atoms with Crippen LogP contribution in [0.15, 0.2) is 47.4 Å².